The standard InChI is InChI=1S/C20H23IN2O3/c1-3-11-23(13-19(24)22-18-10-5-4-7-15(18)2)20(25)14-26-17-9-6-8-16(21)12-17/h4-10,12H,3,11,13-14H2,1-2H3,(H,22,24). The zero-order chi connectivity index (χ0) is 18.9. The molecule has 0 saturated carbocycles. The minimum atomic E-state index is -0.213. The van der Waals surface area contributed by atoms with E-state index >= 15 is 0 Å². The molecule has 2 aromatic carbocycles. The van der Waals surface area contributed by atoms with E-state index in [-0.39, 0.29) is 25.0 Å². The molecule has 0 heterocycles. The molecule has 2 aromatic rings. The molecule has 5 nitrogen and oxygen atoms in total. The van der Waals surface area contributed by atoms with E-state index in [4.69, 9.17) is 4.74 Å². The highest BCUT2D eigenvalue weighted by Crippen LogP contribution is 2.15. The summed E-state index contributed by atoms with van der Waals surface area (Å²) >= 11 is 2.19. The Balaban J connectivity index is 1.93. The molecule has 1 N–H and O–H groups in total. The minimum absolute atomic E-state index is 0.0106. The molecule has 0 saturated heterocycles. The van der Waals surface area contributed by atoms with E-state index in [1.165, 1.54) is 4.90 Å². The number of hydrogen-bond donors (Lipinski definition) is 1. The van der Waals surface area contributed by atoms with E-state index in [0.29, 0.717) is 12.3 Å². The van der Waals surface area contributed by atoms with Gasteiger partial charge in [-0.2, -0.15) is 0 Å². The highest BCUT2D eigenvalue weighted by Gasteiger charge is 2.17. The van der Waals surface area contributed by atoms with Gasteiger partial charge in [-0.3, -0.25) is 9.59 Å². The van der Waals surface area contributed by atoms with E-state index in [1.807, 2.05) is 62.4 Å². The van der Waals surface area contributed by atoms with Crippen LogP contribution < -0.4 is 10.1 Å². The van der Waals surface area contributed by atoms with Gasteiger partial charge in [0.15, 0.2) is 6.61 Å². The van der Waals surface area contributed by atoms with Crippen molar-refractivity contribution in [3.63, 3.8) is 0 Å². The number of hydrogen-bond acceptors (Lipinski definition) is 3. The fraction of sp³-hybridized carbons (Fsp3) is 0.300. The molecule has 2 amide bonds. The zero-order valence-electron chi connectivity index (χ0n) is 15.0. The number of carbonyl (C=O) groups is 2. The van der Waals surface area contributed by atoms with Gasteiger partial charge in [-0.15, -0.1) is 0 Å². The van der Waals surface area contributed by atoms with Crippen LogP contribution in [0.25, 0.3) is 0 Å². The van der Waals surface area contributed by atoms with Crippen LogP contribution in [-0.4, -0.2) is 36.4 Å². The van der Waals surface area contributed by atoms with Crippen molar-refractivity contribution in [3.05, 3.63) is 57.7 Å². The lowest BCUT2D eigenvalue weighted by atomic mass is 10.2. The maximum Gasteiger partial charge on any atom is 0.260 e. The van der Waals surface area contributed by atoms with Gasteiger partial charge in [-0.05, 0) is 65.8 Å². The Labute approximate surface area is 167 Å². The predicted octanol–water partition coefficient (Wildman–Crippen LogP) is 3.86. The van der Waals surface area contributed by atoms with Crippen LogP contribution in [0.1, 0.15) is 18.9 Å². The number of carbonyl (C=O) groups excluding carboxylic acids is 2. The van der Waals surface area contributed by atoms with Crippen LogP contribution >= 0.6 is 22.6 Å². The summed E-state index contributed by atoms with van der Waals surface area (Å²) < 4.78 is 6.60. The van der Waals surface area contributed by atoms with Gasteiger partial charge in [-0.25, -0.2) is 0 Å². The van der Waals surface area contributed by atoms with Crippen molar-refractivity contribution >= 4 is 40.1 Å². The summed E-state index contributed by atoms with van der Waals surface area (Å²) in [6, 6.07) is 15.1. The van der Waals surface area contributed by atoms with Gasteiger partial charge in [0.1, 0.15) is 5.75 Å². The number of anilines is 1. The fourth-order valence-electron chi connectivity index (χ4n) is 2.43. The Bertz CT molecular complexity index is 764. The molecule has 0 aliphatic rings. The van der Waals surface area contributed by atoms with Crippen molar-refractivity contribution in [2.75, 3.05) is 25.0 Å². The average Bonchev–Trinajstić information content (AvgIpc) is 2.61. The second-order valence-electron chi connectivity index (χ2n) is 5.92. The summed E-state index contributed by atoms with van der Waals surface area (Å²) in [5, 5.41) is 2.86. The molecule has 2 rings (SSSR count). The van der Waals surface area contributed by atoms with Crippen molar-refractivity contribution in [3.8, 4) is 5.75 Å². The van der Waals surface area contributed by atoms with Crippen molar-refractivity contribution in [1.82, 2.24) is 4.90 Å². The smallest absolute Gasteiger partial charge is 0.260 e. The molecule has 0 atom stereocenters. The Hall–Kier alpha value is -2.09. The number of aryl methyl sites for hydroxylation is 1. The molecule has 0 aliphatic carbocycles. The lowest BCUT2D eigenvalue weighted by Gasteiger charge is -2.22. The van der Waals surface area contributed by atoms with Crippen molar-refractivity contribution in [2.45, 2.75) is 20.3 Å². The lowest BCUT2D eigenvalue weighted by molar-refractivity contribution is -0.136. The van der Waals surface area contributed by atoms with E-state index in [0.717, 1.165) is 21.2 Å². The van der Waals surface area contributed by atoms with Crippen molar-refractivity contribution in [1.29, 1.82) is 0 Å². The topological polar surface area (TPSA) is 58.6 Å². The number of rotatable bonds is 8. The predicted molar refractivity (Wildman–Crippen MR) is 111 cm³/mol. The number of nitrogens with one attached hydrogen (secondary N) is 1. The van der Waals surface area contributed by atoms with Crippen LogP contribution in [0.3, 0.4) is 0 Å². The summed E-state index contributed by atoms with van der Waals surface area (Å²) in [7, 11) is 0. The molecule has 138 valence electrons. The first-order chi connectivity index (χ1) is 12.5. The van der Waals surface area contributed by atoms with Crippen molar-refractivity contribution in [2.24, 2.45) is 0 Å². The summed E-state index contributed by atoms with van der Waals surface area (Å²) in [4.78, 5) is 26.3. The second-order valence-corrected chi connectivity index (χ2v) is 7.17. The highest BCUT2D eigenvalue weighted by molar-refractivity contribution is 14.1. The van der Waals surface area contributed by atoms with Crippen molar-refractivity contribution < 1.29 is 14.3 Å². The minimum Gasteiger partial charge on any atom is -0.484 e. The third-order valence-corrected chi connectivity index (χ3v) is 4.43. The number of halogens is 1. The lowest BCUT2D eigenvalue weighted by Crippen LogP contribution is -2.41. The number of nitrogens with zero attached hydrogens (tertiary/aromatic N) is 1. The summed E-state index contributed by atoms with van der Waals surface area (Å²) in [6.45, 7) is 4.34. The summed E-state index contributed by atoms with van der Waals surface area (Å²) in [5.41, 5.74) is 1.74. The van der Waals surface area contributed by atoms with E-state index in [1.54, 1.807) is 0 Å². The zero-order valence-corrected chi connectivity index (χ0v) is 17.2. The second kappa shape index (κ2) is 10.2. The maximum absolute atomic E-state index is 12.5. The van der Waals surface area contributed by atoms with Gasteiger partial charge in [0.05, 0.1) is 6.54 Å². The van der Waals surface area contributed by atoms with Crippen LogP contribution in [-0.2, 0) is 9.59 Å². The number of para-hydroxylation sites is 1. The summed E-state index contributed by atoms with van der Waals surface area (Å²) in [6.07, 6.45) is 0.770. The van der Waals surface area contributed by atoms with Crippen LogP contribution in [0.15, 0.2) is 48.5 Å². The Kier molecular flexibility index (Phi) is 7.90. The van der Waals surface area contributed by atoms with E-state index in [9.17, 15) is 9.59 Å². The largest absolute Gasteiger partial charge is 0.484 e. The number of amides is 2. The molecule has 0 aliphatic heterocycles. The quantitative estimate of drug-likeness (QED) is 0.602. The van der Waals surface area contributed by atoms with E-state index < -0.39 is 0 Å². The molecular weight excluding hydrogens is 443 g/mol. The first-order valence-corrected chi connectivity index (χ1v) is 9.59. The first kappa shape index (κ1) is 20.2. The van der Waals surface area contributed by atoms with Crippen LogP contribution in [0.5, 0.6) is 5.75 Å². The monoisotopic (exact) mass is 466 g/mol. The third kappa shape index (κ3) is 6.33. The van der Waals surface area contributed by atoms with Gasteiger partial charge in [0, 0.05) is 15.8 Å². The molecule has 0 aromatic heterocycles. The van der Waals surface area contributed by atoms with Gasteiger partial charge in [-0.1, -0.05) is 31.2 Å². The number of benzene rings is 2. The molecular formula is C20H23IN2O3. The molecule has 0 bridgehead atoms. The molecule has 0 spiro atoms. The molecule has 0 fully saturated rings. The van der Waals surface area contributed by atoms with Gasteiger partial charge < -0.3 is 15.0 Å². The van der Waals surface area contributed by atoms with Crippen LogP contribution in [0.2, 0.25) is 0 Å². The average molecular weight is 466 g/mol. The maximum atomic E-state index is 12.5. The third-order valence-electron chi connectivity index (χ3n) is 3.76. The Morgan fingerprint density at radius 2 is 1.92 bits per heavy atom. The molecule has 26 heavy (non-hydrogen) atoms. The molecule has 0 radical (unpaired) electrons. The highest BCUT2D eigenvalue weighted by atomic mass is 127. The summed E-state index contributed by atoms with van der Waals surface area (Å²) in [5.74, 6) is 0.229. The first-order valence-electron chi connectivity index (χ1n) is 8.51. The Morgan fingerprint density at radius 1 is 1.15 bits per heavy atom. The number of ether oxygens (including phenoxy) is 1. The molecule has 0 unspecified atom stereocenters. The SMILES string of the molecule is CCCN(CC(=O)Nc1ccccc1C)C(=O)COc1cccc(I)c1. The van der Waals surface area contributed by atoms with Crippen LogP contribution in [0.4, 0.5) is 5.69 Å². The van der Waals surface area contributed by atoms with E-state index in [2.05, 4.69) is 27.9 Å². The normalized spacial score (nSPS) is 10.3. The van der Waals surface area contributed by atoms with Crippen LogP contribution in [0, 0.1) is 10.5 Å². The fourth-order valence-corrected chi connectivity index (χ4v) is 2.95. The van der Waals surface area contributed by atoms with Gasteiger partial charge in [0.2, 0.25) is 5.91 Å². The van der Waals surface area contributed by atoms with Gasteiger partial charge >= 0.3 is 0 Å². The van der Waals surface area contributed by atoms with Gasteiger partial charge in [0.25, 0.3) is 5.91 Å². The Morgan fingerprint density at radius 3 is 2.62 bits per heavy atom. The molecule has 6 heteroatoms.